The molecule has 4 nitrogen and oxygen atoms in total. The van der Waals surface area contributed by atoms with Gasteiger partial charge < -0.3 is 14.8 Å². The molecule has 0 unspecified atom stereocenters. The van der Waals surface area contributed by atoms with E-state index >= 15 is 0 Å². The van der Waals surface area contributed by atoms with Crippen molar-refractivity contribution in [3.63, 3.8) is 0 Å². The summed E-state index contributed by atoms with van der Waals surface area (Å²) < 4.78 is 2.22. The first-order chi connectivity index (χ1) is 10.1. The lowest BCUT2D eigenvalue weighted by molar-refractivity contribution is 0.836. The van der Waals surface area contributed by atoms with Gasteiger partial charge in [-0.05, 0) is 51.5 Å². The number of hydrogen-bond donors (Lipinski definition) is 1. The molecule has 0 bridgehead atoms. The fourth-order valence-electron chi connectivity index (χ4n) is 2.53. The zero-order chi connectivity index (χ0) is 15.4. The highest BCUT2D eigenvalue weighted by Gasteiger charge is 2.06. The van der Waals surface area contributed by atoms with E-state index in [0.29, 0.717) is 0 Å². The van der Waals surface area contributed by atoms with Crippen molar-refractivity contribution in [3.8, 4) is 0 Å². The van der Waals surface area contributed by atoms with Gasteiger partial charge in [0.25, 0.3) is 0 Å². The summed E-state index contributed by atoms with van der Waals surface area (Å²) >= 11 is 0. The lowest BCUT2D eigenvalue weighted by Crippen LogP contribution is -2.22. The SMILES string of the molecule is CCN(CC)c1ccc(NCc2cc(C)n(C)c2C)cn1. The van der Waals surface area contributed by atoms with Crippen molar-refractivity contribution >= 4 is 11.5 Å². The van der Waals surface area contributed by atoms with Crippen LogP contribution in [0, 0.1) is 13.8 Å². The molecule has 0 saturated heterocycles. The molecule has 2 heterocycles. The zero-order valence-corrected chi connectivity index (χ0v) is 13.8. The highest BCUT2D eigenvalue weighted by Crippen LogP contribution is 2.17. The zero-order valence-electron chi connectivity index (χ0n) is 13.8. The molecule has 4 heteroatoms. The second kappa shape index (κ2) is 6.66. The molecular formula is C17H26N4. The summed E-state index contributed by atoms with van der Waals surface area (Å²) in [5.41, 5.74) is 5.00. The fraction of sp³-hybridized carbons (Fsp3) is 0.471. The Bertz CT molecular complexity index is 580. The fourth-order valence-corrected chi connectivity index (χ4v) is 2.53. The molecule has 0 aliphatic rings. The van der Waals surface area contributed by atoms with Gasteiger partial charge in [0.05, 0.1) is 11.9 Å². The first-order valence-corrected chi connectivity index (χ1v) is 7.63. The first-order valence-electron chi connectivity index (χ1n) is 7.63. The molecule has 0 radical (unpaired) electrons. The van der Waals surface area contributed by atoms with E-state index in [9.17, 15) is 0 Å². The highest BCUT2D eigenvalue weighted by molar-refractivity contribution is 5.49. The van der Waals surface area contributed by atoms with E-state index in [1.54, 1.807) is 0 Å². The Balaban J connectivity index is 2.02. The molecule has 0 saturated carbocycles. The summed E-state index contributed by atoms with van der Waals surface area (Å²) in [5, 5.41) is 3.45. The number of hydrogen-bond acceptors (Lipinski definition) is 3. The van der Waals surface area contributed by atoms with Crippen LogP contribution in [-0.4, -0.2) is 22.6 Å². The van der Waals surface area contributed by atoms with Crippen LogP contribution in [-0.2, 0) is 13.6 Å². The summed E-state index contributed by atoms with van der Waals surface area (Å²) in [5.74, 6) is 1.04. The quantitative estimate of drug-likeness (QED) is 0.882. The van der Waals surface area contributed by atoms with Crippen molar-refractivity contribution in [3.05, 3.63) is 41.3 Å². The molecule has 2 rings (SSSR count). The van der Waals surface area contributed by atoms with Gasteiger partial charge in [-0.15, -0.1) is 0 Å². The van der Waals surface area contributed by atoms with Crippen LogP contribution in [0.15, 0.2) is 24.4 Å². The van der Waals surface area contributed by atoms with E-state index in [-0.39, 0.29) is 0 Å². The summed E-state index contributed by atoms with van der Waals surface area (Å²) in [4.78, 5) is 6.78. The van der Waals surface area contributed by atoms with Crippen LogP contribution >= 0.6 is 0 Å². The van der Waals surface area contributed by atoms with Gasteiger partial charge in [-0.1, -0.05) is 0 Å². The smallest absolute Gasteiger partial charge is 0.128 e. The Morgan fingerprint density at radius 3 is 2.38 bits per heavy atom. The van der Waals surface area contributed by atoms with Gasteiger partial charge >= 0.3 is 0 Å². The average Bonchev–Trinajstić information content (AvgIpc) is 2.75. The molecule has 0 atom stereocenters. The van der Waals surface area contributed by atoms with Gasteiger partial charge in [0, 0.05) is 38.1 Å². The van der Waals surface area contributed by atoms with E-state index in [2.05, 4.69) is 72.7 Å². The molecule has 0 spiro atoms. The lowest BCUT2D eigenvalue weighted by Gasteiger charge is -2.19. The predicted octanol–water partition coefficient (Wildman–Crippen LogP) is 3.50. The number of pyridine rings is 1. The Hall–Kier alpha value is -1.97. The van der Waals surface area contributed by atoms with Crippen LogP contribution in [0.4, 0.5) is 11.5 Å². The van der Waals surface area contributed by atoms with Crippen LogP contribution < -0.4 is 10.2 Å². The monoisotopic (exact) mass is 286 g/mol. The predicted molar refractivity (Wildman–Crippen MR) is 90.0 cm³/mol. The van der Waals surface area contributed by atoms with Gasteiger partial charge in [-0.3, -0.25) is 0 Å². The van der Waals surface area contributed by atoms with Gasteiger partial charge in [0.15, 0.2) is 0 Å². The third-order valence-electron chi connectivity index (χ3n) is 4.20. The molecular weight excluding hydrogens is 260 g/mol. The highest BCUT2D eigenvalue weighted by atomic mass is 15.2. The molecule has 2 aromatic rings. The lowest BCUT2D eigenvalue weighted by atomic mass is 10.2. The Morgan fingerprint density at radius 1 is 1.19 bits per heavy atom. The van der Waals surface area contributed by atoms with Crippen molar-refractivity contribution in [2.75, 3.05) is 23.3 Å². The number of aromatic nitrogens is 2. The minimum Gasteiger partial charge on any atom is -0.380 e. The summed E-state index contributed by atoms with van der Waals surface area (Å²) in [6, 6.07) is 6.42. The van der Waals surface area contributed by atoms with Crippen LogP contribution in [0.5, 0.6) is 0 Å². The molecule has 2 aromatic heterocycles. The molecule has 0 aromatic carbocycles. The van der Waals surface area contributed by atoms with Gasteiger partial charge in [-0.25, -0.2) is 4.98 Å². The standard InChI is InChI=1S/C17H26N4/c1-6-21(7-2)17-9-8-16(12-19-17)18-11-15-10-13(3)20(5)14(15)4/h8-10,12,18H,6-7,11H2,1-5H3. The van der Waals surface area contributed by atoms with Crippen molar-refractivity contribution in [2.24, 2.45) is 7.05 Å². The van der Waals surface area contributed by atoms with Crippen LogP contribution in [0.25, 0.3) is 0 Å². The maximum atomic E-state index is 4.54. The van der Waals surface area contributed by atoms with Gasteiger partial charge in [-0.2, -0.15) is 0 Å². The molecule has 1 N–H and O–H groups in total. The minimum atomic E-state index is 0.833. The van der Waals surface area contributed by atoms with Crippen LogP contribution in [0.3, 0.4) is 0 Å². The molecule has 21 heavy (non-hydrogen) atoms. The first kappa shape index (κ1) is 15.4. The summed E-state index contributed by atoms with van der Waals surface area (Å²) in [6.45, 7) is 11.4. The number of rotatable bonds is 6. The minimum absolute atomic E-state index is 0.833. The van der Waals surface area contributed by atoms with Crippen LogP contribution in [0.2, 0.25) is 0 Å². The summed E-state index contributed by atoms with van der Waals surface area (Å²) in [7, 11) is 2.11. The van der Waals surface area contributed by atoms with Crippen molar-refractivity contribution in [2.45, 2.75) is 34.2 Å². The number of anilines is 2. The van der Waals surface area contributed by atoms with E-state index in [4.69, 9.17) is 0 Å². The largest absolute Gasteiger partial charge is 0.380 e. The van der Waals surface area contributed by atoms with E-state index in [1.807, 2.05) is 6.20 Å². The number of nitrogens with zero attached hydrogens (tertiary/aromatic N) is 3. The topological polar surface area (TPSA) is 33.1 Å². The number of aryl methyl sites for hydroxylation is 1. The third-order valence-corrected chi connectivity index (χ3v) is 4.20. The summed E-state index contributed by atoms with van der Waals surface area (Å²) in [6.07, 6.45) is 1.92. The second-order valence-electron chi connectivity index (χ2n) is 5.39. The van der Waals surface area contributed by atoms with E-state index in [1.165, 1.54) is 17.0 Å². The van der Waals surface area contributed by atoms with Crippen molar-refractivity contribution < 1.29 is 0 Å². The number of nitrogens with one attached hydrogen (secondary N) is 1. The Morgan fingerprint density at radius 2 is 1.90 bits per heavy atom. The van der Waals surface area contributed by atoms with Crippen LogP contribution in [0.1, 0.15) is 30.8 Å². The van der Waals surface area contributed by atoms with Gasteiger partial charge in [0.1, 0.15) is 5.82 Å². The molecule has 114 valence electrons. The Kier molecular flexibility index (Phi) is 4.89. The second-order valence-corrected chi connectivity index (χ2v) is 5.39. The van der Waals surface area contributed by atoms with Crippen molar-refractivity contribution in [1.29, 1.82) is 0 Å². The normalized spacial score (nSPS) is 10.7. The van der Waals surface area contributed by atoms with E-state index in [0.717, 1.165) is 31.1 Å². The molecule has 0 amide bonds. The third kappa shape index (κ3) is 3.38. The van der Waals surface area contributed by atoms with Gasteiger partial charge in [0.2, 0.25) is 0 Å². The average molecular weight is 286 g/mol. The molecule has 0 aliphatic heterocycles. The Labute approximate surface area is 127 Å². The van der Waals surface area contributed by atoms with E-state index < -0.39 is 0 Å². The molecule has 0 aliphatic carbocycles. The maximum Gasteiger partial charge on any atom is 0.128 e. The van der Waals surface area contributed by atoms with Crippen molar-refractivity contribution in [1.82, 2.24) is 9.55 Å². The molecule has 0 fully saturated rings. The maximum absolute atomic E-state index is 4.54.